The molecule has 1 atom stereocenters. The minimum Gasteiger partial charge on any atom is -0.310 e. The van der Waals surface area contributed by atoms with Gasteiger partial charge in [-0.3, -0.25) is 0 Å². The van der Waals surface area contributed by atoms with Crippen molar-refractivity contribution in [1.82, 2.24) is 14.7 Å². The number of fused-ring (bicyclic) bond motifs is 1. The second-order valence-corrected chi connectivity index (χ2v) is 4.23. The predicted octanol–water partition coefficient (Wildman–Crippen LogP) is 1.89. The van der Waals surface area contributed by atoms with E-state index < -0.39 is 0 Å². The van der Waals surface area contributed by atoms with Crippen LogP contribution >= 0.6 is 0 Å². The Morgan fingerprint density at radius 2 is 2.35 bits per heavy atom. The summed E-state index contributed by atoms with van der Waals surface area (Å²) < 4.78 is 2.08. The fourth-order valence-corrected chi connectivity index (χ4v) is 1.83. The molecule has 0 aliphatic carbocycles. The third-order valence-electron chi connectivity index (χ3n) is 2.79. The molecule has 2 heterocycles. The van der Waals surface area contributed by atoms with Gasteiger partial charge < -0.3 is 9.72 Å². The van der Waals surface area contributed by atoms with Gasteiger partial charge in [-0.05, 0) is 26.0 Å². The Balaban J connectivity index is 2.13. The zero-order chi connectivity index (χ0) is 12.3. The second kappa shape index (κ2) is 4.98. The molecule has 0 amide bonds. The molecular weight excluding hydrogens is 212 g/mol. The summed E-state index contributed by atoms with van der Waals surface area (Å²) in [7, 11) is 0. The quantitative estimate of drug-likeness (QED) is 0.869. The van der Waals surface area contributed by atoms with E-state index in [1.165, 1.54) is 0 Å². The number of aryl methyl sites for hydroxylation is 1. The van der Waals surface area contributed by atoms with Crippen molar-refractivity contribution >= 4 is 5.65 Å². The lowest BCUT2D eigenvalue weighted by Crippen LogP contribution is -2.21. The minimum atomic E-state index is 0.0366. The van der Waals surface area contributed by atoms with Crippen LogP contribution in [0.4, 0.5) is 0 Å². The highest BCUT2D eigenvalue weighted by Crippen LogP contribution is 2.11. The average molecular weight is 228 g/mol. The van der Waals surface area contributed by atoms with Gasteiger partial charge in [0.25, 0.3) is 0 Å². The molecule has 0 aliphatic rings. The highest BCUT2D eigenvalue weighted by Gasteiger charge is 2.07. The molecular formula is C13H16N4. The van der Waals surface area contributed by atoms with Gasteiger partial charge in [0.1, 0.15) is 5.65 Å². The first kappa shape index (κ1) is 11.6. The number of pyridine rings is 1. The minimum absolute atomic E-state index is 0.0366. The van der Waals surface area contributed by atoms with E-state index in [0.29, 0.717) is 6.54 Å². The van der Waals surface area contributed by atoms with Gasteiger partial charge in [0.15, 0.2) is 0 Å². The van der Waals surface area contributed by atoms with Crippen molar-refractivity contribution in [3.63, 3.8) is 0 Å². The number of aromatic nitrogens is 2. The van der Waals surface area contributed by atoms with Gasteiger partial charge >= 0.3 is 0 Å². The summed E-state index contributed by atoms with van der Waals surface area (Å²) in [6.07, 6.45) is 2.01. The molecule has 0 aromatic carbocycles. The van der Waals surface area contributed by atoms with Gasteiger partial charge in [0.05, 0.1) is 23.4 Å². The number of hydrogen-bond acceptors (Lipinski definition) is 3. The number of imidazole rings is 1. The third-order valence-corrected chi connectivity index (χ3v) is 2.79. The molecule has 0 fully saturated rings. The molecule has 88 valence electrons. The van der Waals surface area contributed by atoms with Crippen LogP contribution in [0.5, 0.6) is 0 Å². The van der Waals surface area contributed by atoms with Crippen LogP contribution < -0.4 is 5.32 Å². The van der Waals surface area contributed by atoms with E-state index in [9.17, 15) is 0 Å². The largest absolute Gasteiger partial charge is 0.310 e. The van der Waals surface area contributed by atoms with Crippen LogP contribution in [0, 0.1) is 24.2 Å². The molecule has 2 aromatic rings. The van der Waals surface area contributed by atoms with Crippen LogP contribution in [0.15, 0.2) is 24.4 Å². The maximum atomic E-state index is 8.71. The SMILES string of the molecule is Cc1nc2ccccn2c1CNCC(C)C#N. The highest BCUT2D eigenvalue weighted by molar-refractivity contribution is 5.42. The zero-order valence-electron chi connectivity index (χ0n) is 10.1. The predicted molar refractivity (Wildman–Crippen MR) is 66.4 cm³/mol. The summed E-state index contributed by atoms with van der Waals surface area (Å²) in [5.41, 5.74) is 3.16. The van der Waals surface area contributed by atoms with Crippen LogP contribution in [0.3, 0.4) is 0 Å². The van der Waals surface area contributed by atoms with Gasteiger partial charge in [-0.25, -0.2) is 4.98 Å². The van der Waals surface area contributed by atoms with Crippen LogP contribution in [0.1, 0.15) is 18.3 Å². The number of nitrogens with zero attached hydrogens (tertiary/aromatic N) is 3. The van der Waals surface area contributed by atoms with E-state index in [1.54, 1.807) is 0 Å². The van der Waals surface area contributed by atoms with Crippen molar-refractivity contribution in [1.29, 1.82) is 5.26 Å². The standard InChI is InChI=1S/C13H16N4/c1-10(7-14)8-15-9-12-11(2)16-13-5-3-4-6-17(12)13/h3-6,10,15H,8-9H2,1-2H3. The fraction of sp³-hybridized carbons (Fsp3) is 0.385. The van der Waals surface area contributed by atoms with Crippen LogP contribution in [-0.4, -0.2) is 15.9 Å². The summed E-state index contributed by atoms with van der Waals surface area (Å²) >= 11 is 0. The van der Waals surface area contributed by atoms with E-state index in [1.807, 2.05) is 38.2 Å². The lowest BCUT2D eigenvalue weighted by atomic mass is 10.2. The number of nitriles is 1. The molecule has 4 nitrogen and oxygen atoms in total. The highest BCUT2D eigenvalue weighted by atomic mass is 15.0. The van der Waals surface area contributed by atoms with Crippen molar-refractivity contribution in [2.24, 2.45) is 5.92 Å². The van der Waals surface area contributed by atoms with Crippen LogP contribution in [0.2, 0.25) is 0 Å². The Labute approximate surface area is 101 Å². The van der Waals surface area contributed by atoms with Gasteiger partial charge in [-0.2, -0.15) is 5.26 Å². The maximum Gasteiger partial charge on any atom is 0.137 e. The van der Waals surface area contributed by atoms with E-state index in [4.69, 9.17) is 5.26 Å². The molecule has 1 N–H and O–H groups in total. The first-order chi connectivity index (χ1) is 8.22. The summed E-state index contributed by atoms with van der Waals surface area (Å²) in [5, 5.41) is 12.0. The topological polar surface area (TPSA) is 53.1 Å². The Morgan fingerprint density at radius 1 is 1.53 bits per heavy atom. The van der Waals surface area contributed by atoms with Crippen molar-refractivity contribution in [3.8, 4) is 6.07 Å². The van der Waals surface area contributed by atoms with Crippen molar-refractivity contribution < 1.29 is 0 Å². The molecule has 1 unspecified atom stereocenters. The Hall–Kier alpha value is -1.86. The van der Waals surface area contributed by atoms with Gasteiger partial charge in [0.2, 0.25) is 0 Å². The maximum absolute atomic E-state index is 8.71. The molecule has 2 rings (SSSR count). The molecule has 4 heteroatoms. The Morgan fingerprint density at radius 3 is 3.12 bits per heavy atom. The van der Waals surface area contributed by atoms with Crippen molar-refractivity contribution in [3.05, 3.63) is 35.8 Å². The van der Waals surface area contributed by atoms with E-state index >= 15 is 0 Å². The van der Waals surface area contributed by atoms with E-state index in [0.717, 1.165) is 23.6 Å². The lowest BCUT2D eigenvalue weighted by molar-refractivity contribution is 0.592. The van der Waals surface area contributed by atoms with Gasteiger partial charge in [0, 0.05) is 19.3 Å². The fourth-order valence-electron chi connectivity index (χ4n) is 1.83. The zero-order valence-corrected chi connectivity index (χ0v) is 10.1. The molecule has 0 radical (unpaired) electrons. The van der Waals surface area contributed by atoms with E-state index in [2.05, 4.69) is 20.8 Å². The summed E-state index contributed by atoms with van der Waals surface area (Å²) in [6, 6.07) is 8.18. The van der Waals surface area contributed by atoms with Crippen molar-refractivity contribution in [2.45, 2.75) is 20.4 Å². The number of nitrogens with one attached hydrogen (secondary N) is 1. The second-order valence-electron chi connectivity index (χ2n) is 4.23. The normalized spacial score (nSPS) is 12.5. The van der Waals surface area contributed by atoms with Crippen LogP contribution in [0.25, 0.3) is 5.65 Å². The third kappa shape index (κ3) is 2.45. The molecule has 0 saturated heterocycles. The molecule has 0 aliphatic heterocycles. The summed E-state index contributed by atoms with van der Waals surface area (Å²) in [4.78, 5) is 4.49. The summed E-state index contributed by atoms with van der Waals surface area (Å²) in [5.74, 6) is 0.0366. The first-order valence-electron chi connectivity index (χ1n) is 5.75. The number of hydrogen-bond donors (Lipinski definition) is 1. The molecule has 0 spiro atoms. The van der Waals surface area contributed by atoms with Gasteiger partial charge in [-0.15, -0.1) is 0 Å². The average Bonchev–Trinajstić information content (AvgIpc) is 2.66. The number of rotatable bonds is 4. The molecule has 0 bridgehead atoms. The Kier molecular flexibility index (Phi) is 3.40. The Bertz CT molecular complexity index is 550. The molecule has 17 heavy (non-hydrogen) atoms. The van der Waals surface area contributed by atoms with Crippen molar-refractivity contribution in [2.75, 3.05) is 6.54 Å². The molecule has 0 saturated carbocycles. The van der Waals surface area contributed by atoms with Crippen LogP contribution in [-0.2, 0) is 6.54 Å². The van der Waals surface area contributed by atoms with E-state index in [-0.39, 0.29) is 5.92 Å². The summed E-state index contributed by atoms with van der Waals surface area (Å²) in [6.45, 7) is 5.37. The molecule has 2 aromatic heterocycles. The van der Waals surface area contributed by atoms with Gasteiger partial charge in [-0.1, -0.05) is 6.07 Å². The smallest absolute Gasteiger partial charge is 0.137 e. The lowest BCUT2D eigenvalue weighted by Gasteiger charge is -2.06. The monoisotopic (exact) mass is 228 g/mol. The first-order valence-corrected chi connectivity index (χ1v) is 5.75.